The molecule has 1 N–H and O–H groups in total. The van der Waals surface area contributed by atoms with E-state index < -0.39 is 11.7 Å². The molecule has 1 amide bonds. The van der Waals surface area contributed by atoms with Crippen LogP contribution >= 0.6 is 0 Å². The summed E-state index contributed by atoms with van der Waals surface area (Å²) in [4.78, 5) is 25.8. The first-order chi connectivity index (χ1) is 10.4. The molecule has 1 aliphatic heterocycles. The van der Waals surface area contributed by atoms with Crippen LogP contribution in [-0.4, -0.2) is 60.3 Å². The van der Waals surface area contributed by atoms with Gasteiger partial charge in [0, 0.05) is 32.5 Å². The van der Waals surface area contributed by atoms with Gasteiger partial charge in [-0.3, -0.25) is 9.59 Å². The molecule has 6 heteroatoms. The topological polar surface area (TPSA) is 67.9 Å². The summed E-state index contributed by atoms with van der Waals surface area (Å²) in [5, 5.41) is 3.33. The Morgan fingerprint density at radius 1 is 1.45 bits per heavy atom. The number of nitrogens with one attached hydrogen (secondary N) is 1. The molecular weight excluding hydrogens is 284 g/mol. The average molecular weight is 310 g/mol. The van der Waals surface area contributed by atoms with Crippen molar-refractivity contribution in [1.29, 1.82) is 0 Å². The van der Waals surface area contributed by atoms with Crippen LogP contribution in [0.1, 0.15) is 46.0 Å². The van der Waals surface area contributed by atoms with Crippen molar-refractivity contribution >= 4 is 11.9 Å². The molecule has 3 aliphatic rings. The highest BCUT2D eigenvalue weighted by molar-refractivity contribution is 5.91. The van der Waals surface area contributed by atoms with E-state index in [1.807, 2.05) is 18.9 Å². The number of nitrogens with zero attached hydrogens (tertiary/aromatic N) is 1. The number of morpholine rings is 1. The van der Waals surface area contributed by atoms with Gasteiger partial charge in [0.2, 0.25) is 0 Å². The molecule has 3 rings (SSSR count). The van der Waals surface area contributed by atoms with Crippen LogP contribution in [0.4, 0.5) is 0 Å². The molecule has 1 heterocycles. The highest BCUT2D eigenvalue weighted by atomic mass is 16.6. The summed E-state index contributed by atoms with van der Waals surface area (Å²) in [6.45, 7) is 4.71. The smallest absolute Gasteiger partial charge is 0.303 e. The van der Waals surface area contributed by atoms with Crippen molar-refractivity contribution in [2.75, 3.05) is 20.1 Å². The zero-order chi connectivity index (χ0) is 16.0. The van der Waals surface area contributed by atoms with E-state index in [2.05, 4.69) is 5.32 Å². The molecule has 2 spiro atoms. The monoisotopic (exact) mass is 310 g/mol. The van der Waals surface area contributed by atoms with Crippen LogP contribution in [0.5, 0.6) is 0 Å². The van der Waals surface area contributed by atoms with Crippen LogP contribution in [0.25, 0.3) is 0 Å². The Morgan fingerprint density at radius 3 is 2.68 bits per heavy atom. The minimum Gasteiger partial charge on any atom is -0.459 e. The molecule has 22 heavy (non-hydrogen) atoms. The number of rotatable bonds is 3. The predicted molar refractivity (Wildman–Crippen MR) is 80.3 cm³/mol. The van der Waals surface area contributed by atoms with Gasteiger partial charge < -0.3 is 19.7 Å². The van der Waals surface area contributed by atoms with E-state index in [0.29, 0.717) is 25.6 Å². The third kappa shape index (κ3) is 2.52. The van der Waals surface area contributed by atoms with Crippen molar-refractivity contribution in [1.82, 2.24) is 10.2 Å². The lowest BCUT2D eigenvalue weighted by Crippen LogP contribution is -2.62. The number of esters is 1. The normalized spacial score (nSPS) is 41.0. The summed E-state index contributed by atoms with van der Waals surface area (Å²) in [7, 11) is 1.99. The second-order valence-corrected chi connectivity index (χ2v) is 6.86. The van der Waals surface area contributed by atoms with Gasteiger partial charge in [-0.05, 0) is 39.7 Å². The molecule has 2 aliphatic carbocycles. The third-order valence-corrected chi connectivity index (χ3v) is 5.37. The molecule has 124 valence electrons. The van der Waals surface area contributed by atoms with Crippen molar-refractivity contribution in [3.63, 3.8) is 0 Å². The molecule has 3 fully saturated rings. The van der Waals surface area contributed by atoms with Crippen molar-refractivity contribution in [2.24, 2.45) is 0 Å². The lowest BCUT2D eigenvalue weighted by molar-refractivity contribution is -0.206. The molecular formula is C16H26N2O4. The molecule has 2 unspecified atom stereocenters. The van der Waals surface area contributed by atoms with Crippen molar-refractivity contribution in [3.8, 4) is 0 Å². The zero-order valence-corrected chi connectivity index (χ0v) is 13.7. The number of hydrogen-bond acceptors (Lipinski definition) is 5. The first kappa shape index (κ1) is 15.7. The summed E-state index contributed by atoms with van der Waals surface area (Å²) in [6, 6.07) is 0.529. The number of amides is 1. The number of likely N-dealkylation sites (N-methyl/N-ethyl adjacent to an activating group) is 1. The molecule has 0 radical (unpaired) electrons. The Balaban J connectivity index is 1.77. The lowest BCUT2D eigenvalue weighted by atomic mass is 9.80. The van der Waals surface area contributed by atoms with E-state index in [1.165, 1.54) is 6.92 Å². The van der Waals surface area contributed by atoms with Crippen LogP contribution < -0.4 is 5.32 Å². The highest BCUT2D eigenvalue weighted by Gasteiger charge is 2.70. The Hall–Kier alpha value is -1.14. The minimum absolute atomic E-state index is 0.0115. The second-order valence-electron chi connectivity index (χ2n) is 6.86. The summed E-state index contributed by atoms with van der Waals surface area (Å²) >= 11 is 0. The van der Waals surface area contributed by atoms with E-state index in [-0.39, 0.29) is 17.5 Å². The molecule has 6 nitrogen and oxygen atoms in total. The van der Waals surface area contributed by atoms with Crippen molar-refractivity contribution in [3.05, 3.63) is 0 Å². The summed E-state index contributed by atoms with van der Waals surface area (Å²) in [5.41, 5.74) is -1.18. The Kier molecular flexibility index (Phi) is 3.93. The molecule has 0 bridgehead atoms. The maximum Gasteiger partial charge on any atom is 0.303 e. The number of hydrogen-bond donors (Lipinski definition) is 1. The van der Waals surface area contributed by atoms with Gasteiger partial charge in [0.05, 0.1) is 5.60 Å². The van der Waals surface area contributed by atoms with Gasteiger partial charge >= 0.3 is 5.97 Å². The summed E-state index contributed by atoms with van der Waals surface area (Å²) in [6.07, 6.45) is 4.07. The Labute approximate surface area is 131 Å². The summed E-state index contributed by atoms with van der Waals surface area (Å²) in [5.74, 6) is -0.359. The fourth-order valence-corrected chi connectivity index (χ4v) is 3.98. The van der Waals surface area contributed by atoms with Gasteiger partial charge in [-0.25, -0.2) is 0 Å². The first-order valence-electron chi connectivity index (χ1n) is 8.29. The first-order valence-corrected chi connectivity index (χ1v) is 8.29. The van der Waals surface area contributed by atoms with Gasteiger partial charge in [0.1, 0.15) is 6.10 Å². The van der Waals surface area contributed by atoms with E-state index in [0.717, 1.165) is 25.7 Å². The second kappa shape index (κ2) is 5.49. The van der Waals surface area contributed by atoms with Gasteiger partial charge in [-0.1, -0.05) is 0 Å². The highest BCUT2D eigenvalue weighted by Crippen LogP contribution is 2.52. The Bertz CT molecular complexity index is 473. The fourth-order valence-electron chi connectivity index (χ4n) is 3.98. The molecule has 2 atom stereocenters. The van der Waals surface area contributed by atoms with E-state index in [9.17, 15) is 9.59 Å². The Morgan fingerprint density at radius 2 is 2.14 bits per heavy atom. The molecule has 0 aromatic carbocycles. The van der Waals surface area contributed by atoms with E-state index >= 15 is 0 Å². The van der Waals surface area contributed by atoms with Gasteiger partial charge in [0.25, 0.3) is 5.91 Å². The largest absolute Gasteiger partial charge is 0.459 e. The molecule has 2 saturated carbocycles. The van der Waals surface area contributed by atoms with E-state index in [1.54, 1.807) is 0 Å². The molecule has 1 saturated heterocycles. The van der Waals surface area contributed by atoms with Crippen LogP contribution in [0, 0.1) is 0 Å². The maximum absolute atomic E-state index is 12.7. The number of carbonyl (C=O) groups excluding carboxylic acids is 2. The lowest BCUT2D eigenvalue weighted by Gasteiger charge is -2.49. The van der Waals surface area contributed by atoms with E-state index in [4.69, 9.17) is 9.47 Å². The third-order valence-electron chi connectivity index (χ3n) is 5.37. The fraction of sp³-hybridized carbons (Fsp3) is 0.875. The zero-order valence-electron chi connectivity index (χ0n) is 13.7. The van der Waals surface area contributed by atoms with Crippen LogP contribution in [0.15, 0.2) is 0 Å². The van der Waals surface area contributed by atoms with Crippen LogP contribution in [0.2, 0.25) is 0 Å². The van der Waals surface area contributed by atoms with Gasteiger partial charge in [-0.2, -0.15) is 0 Å². The van der Waals surface area contributed by atoms with Gasteiger partial charge in [0.15, 0.2) is 5.60 Å². The predicted octanol–water partition coefficient (Wildman–Crippen LogP) is 0.840. The molecule has 0 aromatic heterocycles. The van der Waals surface area contributed by atoms with Crippen LogP contribution in [-0.2, 0) is 19.1 Å². The average Bonchev–Trinajstić information content (AvgIpc) is 3.16. The van der Waals surface area contributed by atoms with Gasteiger partial charge in [-0.15, -0.1) is 0 Å². The number of carbonyl (C=O) groups is 2. The minimum atomic E-state index is -0.910. The van der Waals surface area contributed by atoms with Crippen molar-refractivity contribution < 1.29 is 19.1 Å². The maximum atomic E-state index is 12.7. The number of ether oxygens (including phenoxy) is 2. The van der Waals surface area contributed by atoms with Crippen LogP contribution in [0.3, 0.4) is 0 Å². The SMILES string of the molecule is CCN1C[C@]2(CC[C@H](NC)CC2)OC2(CC2OC(C)=O)C1=O. The summed E-state index contributed by atoms with van der Waals surface area (Å²) < 4.78 is 11.6. The molecule has 0 aromatic rings. The standard InChI is InChI=1S/C16H26N2O4/c1-4-18-10-15(7-5-12(17-3)6-8-15)22-16(14(18)20)9-13(16)21-11(2)19/h12-13,17H,4-10H2,1-3H3/t12-,13?,15+,16?. The van der Waals surface area contributed by atoms with Crippen molar-refractivity contribution in [2.45, 2.75) is 69.3 Å². The quantitative estimate of drug-likeness (QED) is 0.783.